The number of fused-ring (bicyclic) bond motifs is 1. The highest BCUT2D eigenvalue weighted by Crippen LogP contribution is 2.28. The average Bonchev–Trinajstić information content (AvgIpc) is 3.07. The van der Waals surface area contributed by atoms with Crippen molar-refractivity contribution in [3.8, 4) is 0 Å². The SMILES string of the molecule is CCc1ccc(C(=O)N2CCn3cccc3[C@H]2C)s1. The van der Waals surface area contributed by atoms with Crippen molar-refractivity contribution in [1.29, 1.82) is 0 Å². The molecular formula is C15H18N2OS. The summed E-state index contributed by atoms with van der Waals surface area (Å²) < 4.78 is 2.24. The van der Waals surface area contributed by atoms with Crippen molar-refractivity contribution in [1.82, 2.24) is 9.47 Å². The van der Waals surface area contributed by atoms with Gasteiger partial charge in [-0.3, -0.25) is 4.79 Å². The van der Waals surface area contributed by atoms with Gasteiger partial charge in [0, 0.05) is 29.9 Å². The predicted molar refractivity (Wildman–Crippen MR) is 77.6 cm³/mol. The number of aromatic nitrogens is 1. The first-order chi connectivity index (χ1) is 9.20. The average molecular weight is 274 g/mol. The Morgan fingerprint density at radius 2 is 2.21 bits per heavy atom. The fourth-order valence-electron chi connectivity index (χ4n) is 2.68. The maximum absolute atomic E-state index is 12.6. The third-order valence-corrected chi connectivity index (χ3v) is 5.04. The summed E-state index contributed by atoms with van der Waals surface area (Å²) >= 11 is 1.62. The molecule has 4 heteroatoms. The van der Waals surface area contributed by atoms with Crippen LogP contribution in [0.15, 0.2) is 30.5 Å². The summed E-state index contributed by atoms with van der Waals surface area (Å²) in [6, 6.07) is 8.35. The molecule has 100 valence electrons. The van der Waals surface area contributed by atoms with E-state index < -0.39 is 0 Å². The smallest absolute Gasteiger partial charge is 0.264 e. The zero-order valence-electron chi connectivity index (χ0n) is 11.3. The van der Waals surface area contributed by atoms with Gasteiger partial charge < -0.3 is 9.47 Å². The number of rotatable bonds is 2. The molecular weight excluding hydrogens is 256 g/mol. The molecule has 0 fully saturated rings. The van der Waals surface area contributed by atoms with E-state index in [9.17, 15) is 4.79 Å². The van der Waals surface area contributed by atoms with Gasteiger partial charge in [-0.25, -0.2) is 0 Å². The van der Waals surface area contributed by atoms with E-state index >= 15 is 0 Å². The normalized spacial score (nSPS) is 18.4. The van der Waals surface area contributed by atoms with Crippen molar-refractivity contribution in [3.05, 3.63) is 45.9 Å². The van der Waals surface area contributed by atoms with E-state index in [1.165, 1.54) is 10.6 Å². The summed E-state index contributed by atoms with van der Waals surface area (Å²) in [6.07, 6.45) is 3.09. The number of aryl methyl sites for hydroxylation is 1. The van der Waals surface area contributed by atoms with Crippen LogP contribution in [0.1, 0.15) is 40.1 Å². The molecule has 0 bridgehead atoms. The number of amides is 1. The summed E-state index contributed by atoms with van der Waals surface area (Å²) in [5.74, 6) is 0.171. The molecule has 1 atom stereocenters. The maximum Gasteiger partial charge on any atom is 0.264 e. The van der Waals surface area contributed by atoms with Crippen molar-refractivity contribution in [2.45, 2.75) is 32.9 Å². The Bertz CT molecular complexity index is 599. The van der Waals surface area contributed by atoms with Crippen LogP contribution in [-0.2, 0) is 13.0 Å². The molecule has 2 aromatic rings. The first-order valence-electron chi connectivity index (χ1n) is 6.75. The van der Waals surface area contributed by atoms with Crippen molar-refractivity contribution in [2.75, 3.05) is 6.54 Å². The number of nitrogens with zero attached hydrogens (tertiary/aromatic N) is 2. The molecule has 3 rings (SSSR count). The Hall–Kier alpha value is -1.55. The van der Waals surface area contributed by atoms with Gasteiger partial charge in [0.05, 0.1) is 10.9 Å². The van der Waals surface area contributed by atoms with Crippen molar-refractivity contribution in [3.63, 3.8) is 0 Å². The highest BCUT2D eigenvalue weighted by atomic mass is 32.1. The summed E-state index contributed by atoms with van der Waals surface area (Å²) in [7, 11) is 0. The molecule has 0 aliphatic carbocycles. The van der Waals surface area contributed by atoms with Crippen LogP contribution in [0, 0.1) is 0 Å². The van der Waals surface area contributed by atoms with Crippen molar-refractivity contribution < 1.29 is 4.79 Å². The van der Waals surface area contributed by atoms with Gasteiger partial charge in [-0.15, -0.1) is 11.3 Å². The second kappa shape index (κ2) is 4.85. The van der Waals surface area contributed by atoms with Crippen LogP contribution in [0.3, 0.4) is 0 Å². The van der Waals surface area contributed by atoms with Crippen LogP contribution in [0.25, 0.3) is 0 Å². The standard InChI is InChI=1S/C15H18N2OS/c1-3-12-6-7-14(19-12)15(18)17-10-9-16-8-4-5-13(16)11(17)2/h4-8,11H,3,9-10H2,1-2H3/t11-/m1/s1. The van der Waals surface area contributed by atoms with Crippen molar-refractivity contribution in [2.24, 2.45) is 0 Å². The Morgan fingerprint density at radius 1 is 1.37 bits per heavy atom. The van der Waals surface area contributed by atoms with Crippen LogP contribution < -0.4 is 0 Å². The Balaban J connectivity index is 1.85. The minimum absolute atomic E-state index is 0.156. The molecule has 3 heterocycles. The van der Waals surface area contributed by atoms with E-state index in [1.54, 1.807) is 11.3 Å². The first-order valence-corrected chi connectivity index (χ1v) is 7.57. The Morgan fingerprint density at radius 3 is 2.95 bits per heavy atom. The first kappa shape index (κ1) is 12.5. The lowest BCUT2D eigenvalue weighted by Gasteiger charge is -2.34. The van der Waals surface area contributed by atoms with Crippen LogP contribution >= 0.6 is 11.3 Å². The number of hydrogen-bond donors (Lipinski definition) is 0. The van der Waals surface area contributed by atoms with E-state index in [1.807, 2.05) is 11.0 Å². The summed E-state index contributed by atoms with van der Waals surface area (Å²) in [6.45, 7) is 5.92. The van der Waals surface area contributed by atoms with E-state index in [0.29, 0.717) is 0 Å². The van der Waals surface area contributed by atoms with E-state index in [-0.39, 0.29) is 11.9 Å². The topological polar surface area (TPSA) is 25.2 Å². The van der Waals surface area contributed by atoms with E-state index in [4.69, 9.17) is 0 Å². The molecule has 0 saturated carbocycles. The molecule has 0 saturated heterocycles. The molecule has 1 aliphatic heterocycles. The molecule has 0 radical (unpaired) electrons. The lowest BCUT2D eigenvalue weighted by Crippen LogP contribution is -2.40. The molecule has 0 aromatic carbocycles. The number of carbonyl (C=O) groups is 1. The minimum Gasteiger partial charge on any atom is -0.348 e. The maximum atomic E-state index is 12.6. The molecule has 1 aliphatic rings. The number of hydrogen-bond acceptors (Lipinski definition) is 2. The third-order valence-electron chi connectivity index (χ3n) is 3.82. The second-order valence-electron chi connectivity index (χ2n) is 4.92. The number of thiophene rings is 1. The summed E-state index contributed by atoms with van der Waals surface area (Å²) in [4.78, 5) is 16.7. The van der Waals surface area contributed by atoms with Crippen LogP contribution in [0.4, 0.5) is 0 Å². The van der Waals surface area contributed by atoms with Gasteiger partial charge in [0.1, 0.15) is 0 Å². The lowest BCUT2D eigenvalue weighted by atomic mass is 10.1. The molecule has 0 unspecified atom stereocenters. The van der Waals surface area contributed by atoms with Crippen molar-refractivity contribution >= 4 is 17.2 Å². The zero-order chi connectivity index (χ0) is 13.4. The molecule has 1 amide bonds. The van der Waals surface area contributed by atoms with Crippen LogP contribution in [-0.4, -0.2) is 21.9 Å². The third kappa shape index (κ3) is 2.10. The fourth-order valence-corrected chi connectivity index (χ4v) is 3.58. The van der Waals surface area contributed by atoms with Gasteiger partial charge in [0.2, 0.25) is 0 Å². The zero-order valence-corrected chi connectivity index (χ0v) is 12.1. The fraction of sp³-hybridized carbons (Fsp3) is 0.400. The predicted octanol–water partition coefficient (Wildman–Crippen LogP) is 3.33. The van der Waals surface area contributed by atoms with Crippen LogP contribution in [0.2, 0.25) is 0 Å². The van der Waals surface area contributed by atoms with Gasteiger partial charge >= 0.3 is 0 Å². The molecule has 19 heavy (non-hydrogen) atoms. The summed E-state index contributed by atoms with van der Waals surface area (Å²) in [5.41, 5.74) is 1.23. The summed E-state index contributed by atoms with van der Waals surface area (Å²) in [5, 5.41) is 0. The second-order valence-corrected chi connectivity index (χ2v) is 6.09. The molecule has 0 N–H and O–H groups in total. The minimum atomic E-state index is 0.156. The van der Waals surface area contributed by atoms with Gasteiger partial charge in [0.15, 0.2) is 0 Å². The Kier molecular flexibility index (Phi) is 3.19. The molecule has 3 nitrogen and oxygen atoms in total. The van der Waals surface area contributed by atoms with E-state index in [2.05, 4.69) is 42.8 Å². The molecule has 0 spiro atoms. The number of carbonyl (C=O) groups excluding carboxylic acids is 1. The highest BCUT2D eigenvalue weighted by Gasteiger charge is 2.28. The highest BCUT2D eigenvalue weighted by molar-refractivity contribution is 7.14. The van der Waals surface area contributed by atoms with Gasteiger partial charge in [-0.1, -0.05) is 6.92 Å². The Labute approximate surface area is 117 Å². The van der Waals surface area contributed by atoms with Gasteiger partial charge in [-0.2, -0.15) is 0 Å². The quantitative estimate of drug-likeness (QED) is 0.824. The van der Waals surface area contributed by atoms with E-state index in [0.717, 1.165) is 24.4 Å². The molecule has 2 aromatic heterocycles. The van der Waals surface area contributed by atoms with Gasteiger partial charge in [0.25, 0.3) is 5.91 Å². The monoisotopic (exact) mass is 274 g/mol. The van der Waals surface area contributed by atoms with Gasteiger partial charge in [-0.05, 0) is 37.6 Å². The lowest BCUT2D eigenvalue weighted by molar-refractivity contribution is 0.0649. The largest absolute Gasteiger partial charge is 0.348 e. The van der Waals surface area contributed by atoms with Crippen LogP contribution in [0.5, 0.6) is 0 Å².